The molecule has 0 fully saturated rings. The van der Waals surface area contributed by atoms with E-state index in [-0.39, 0.29) is 5.82 Å². The van der Waals surface area contributed by atoms with Gasteiger partial charge >= 0.3 is 0 Å². The summed E-state index contributed by atoms with van der Waals surface area (Å²) in [6, 6.07) is 14.7. The van der Waals surface area contributed by atoms with Crippen LogP contribution in [0.25, 0.3) is 0 Å². The predicted molar refractivity (Wildman–Crippen MR) is 80.8 cm³/mol. The fourth-order valence-electron chi connectivity index (χ4n) is 2.39. The lowest BCUT2D eigenvalue weighted by Gasteiger charge is -2.15. The van der Waals surface area contributed by atoms with Gasteiger partial charge in [0, 0.05) is 5.56 Å². The number of aryl methyl sites for hydroxylation is 1. The normalized spacial score (nSPS) is 11.7. The largest absolute Gasteiger partial charge is 0.496 e. The molecular formula is C18H18FNO. The Morgan fingerprint density at radius 1 is 1.24 bits per heavy atom. The van der Waals surface area contributed by atoms with E-state index in [9.17, 15) is 9.65 Å². The molecule has 0 radical (unpaired) electrons. The lowest BCUT2D eigenvalue weighted by Crippen LogP contribution is -2.05. The molecule has 2 aromatic rings. The number of halogens is 1. The van der Waals surface area contributed by atoms with Gasteiger partial charge < -0.3 is 4.74 Å². The maximum atomic E-state index is 13.8. The minimum Gasteiger partial charge on any atom is -0.496 e. The quantitative estimate of drug-likeness (QED) is 0.822. The van der Waals surface area contributed by atoms with Crippen molar-refractivity contribution >= 4 is 0 Å². The second-order valence-corrected chi connectivity index (χ2v) is 4.91. The Hall–Kier alpha value is -2.34. The van der Waals surface area contributed by atoms with Crippen molar-refractivity contribution < 1.29 is 9.13 Å². The van der Waals surface area contributed by atoms with E-state index in [1.807, 2.05) is 18.2 Å². The van der Waals surface area contributed by atoms with Gasteiger partial charge in [-0.25, -0.2) is 4.39 Å². The van der Waals surface area contributed by atoms with Crippen molar-refractivity contribution in [2.75, 3.05) is 7.11 Å². The highest BCUT2D eigenvalue weighted by Gasteiger charge is 2.18. The molecule has 0 N–H and O–H groups in total. The van der Waals surface area contributed by atoms with E-state index in [2.05, 4.69) is 13.0 Å². The van der Waals surface area contributed by atoms with E-state index in [0.717, 1.165) is 17.5 Å². The number of hydrogen-bond acceptors (Lipinski definition) is 2. The van der Waals surface area contributed by atoms with Crippen molar-refractivity contribution in [3.05, 3.63) is 65.0 Å². The van der Waals surface area contributed by atoms with Crippen molar-refractivity contribution in [3.63, 3.8) is 0 Å². The number of rotatable bonds is 5. The zero-order valence-electron chi connectivity index (χ0n) is 12.3. The highest BCUT2D eigenvalue weighted by atomic mass is 19.1. The summed E-state index contributed by atoms with van der Waals surface area (Å²) in [4.78, 5) is 0. The van der Waals surface area contributed by atoms with Gasteiger partial charge in [-0.05, 0) is 36.1 Å². The van der Waals surface area contributed by atoms with Gasteiger partial charge in [0.15, 0.2) is 0 Å². The van der Waals surface area contributed by atoms with Gasteiger partial charge in [0.05, 0.1) is 19.1 Å². The van der Waals surface area contributed by atoms with Crippen molar-refractivity contribution in [1.82, 2.24) is 0 Å². The van der Waals surface area contributed by atoms with Crippen LogP contribution >= 0.6 is 0 Å². The van der Waals surface area contributed by atoms with Gasteiger partial charge in [0.25, 0.3) is 0 Å². The molecule has 108 valence electrons. The lowest BCUT2D eigenvalue weighted by molar-refractivity contribution is 0.407. The monoisotopic (exact) mass is 283 g/mol. The molecule has 0 aliphatic rings. The van der Waals surface area contributed by atoms with Gasteiger partial charge in [-0.1, -0.05) is 37.3 Å². The Morgan fingerprint density at radius 2 is 2.00 bits per heavy atom. The summed E-state index contributed by atoms with van der Waals surface area (Å²) in [6.45, 7) is 2.06. The second kappa shape index (κ2) is 6.90. The van der Waals surface area contributed by atoms with Crippen LogP contribution in [0.2, 0.25) is 0 Å². The van der Waals surface area contributed by atoms with Gasteiger partial charge in [0.2, 0.25) is 0 Å². The average molecular weight is 283 g/mol. The summed E-state index contributed by atoms with van der Waals surface area (Å²) in [5.41, 5.74) is 2.51. The number of benzene rings is 2. The van der Waals surface area contributed by atoms with E-state index in [0.29, 0.717) is 17.7 Å². The smallest absolute Gasteiger partial charge is 0.126 e. The highest BCUT2D eigenvalue weighted by molar-refractivity contribution is 5.43. The predicted octanol–water partition coefficient (Wildman–Crippen LogP) is 4.25. The van der Waals surface area contributed by atoms with Gasteiger partial charge in [0.1, 0.15) is 11.6 Å². The van der Waals surface area contributed by atoms with Gasteiger partial charge in [-0.2, -0.15) is 5.26 Å². The first-order valence-electron chi connectivity index (χ1n) is 6.99. The molecule has 2 aromatic carbocycles. The fourth-order valence-corrected chi connectivity index (χ4v) is 2.39. The SMILES string of the molecule is CCc1ccc(OC)c(C(C#N)Cc2ccccc2F)c1. The van der Waals surface area contributed by atoms with Crippen LogP contribution in [0.5, 0.6) is 5.75 Å². The Kier molecular flexibility index (Phi) is 4.94. The van der Waals surface area contributed by atoms with Crippen molar-refractivity contribution in [1.29, 1.82) is 5.26 Å². The fraction of sp³-hybridized carbons (Fsp3) is 0.278. The molecule has 0 aliphatic heterocycles. The van der Waals surface area contributed by atoms with E-state index in [1.54, 1.807) is 25.3 Å². The van der Waals surface area contributed by atoms with E-state index >= 15 is 0 Å². The van der Waals surface area contributed by atoms with Gasteiger partial charge in [-0.15, -0.1) is 0 Å². The number of methoxy groups -OCH3 is 1. The molecule has 0 saturated carbocycles. The molecule has 2 nitrogen and oxygen atoms in total. The molecule has 1 unspecified atom stereocenters. The van der Waals surface area contributed by atoms with Crippen LogP contribution in [-0.4, -0.2) is 7.11 Å². The lowest BCUT2D eigenvalue weighted by atomic mass is 9.91. The van der Waals surface area contributed by atoms with Crippen LogP contribution in [0.1, 0.15) is 29.5 Å². The maximum Gasteiger partial charge on any atom is 0.126 e. The van der Waals surface area contributed by atoms with E-state index in [1.165, 1.54) is 6.07 Å². The third-order valence-electron chi connectivity index (χ3n) is 3.62. The number of nitriles is 1. The van der Waals surface area contributed by atoms with Crippen molar-refractivity contribution in [2.45, 2.75) is 25.7 Å². The molecular weight excluding hydrogens is 265 g/mol. The first-order chi connectivity index (χ1) is 10.2. The zero-order valence-corrected chi connectivity index (χ0v) is 12.3. The standard InChI is InChI=1S/C18H18FNO/c1-3-13-8-9-18(21-2)16(10-13)15(12-20)11-14-6-4-5-7-17(14)19/h4-10,15H,3,11H2,1-2H3. The molecule has 0 saturated heterocycles. The minimum absolute atomic E-state index is 0.275. The molecule has 0 amide bonds. The van der Waals surface area contributed by atoms with E-state index in [4.69, 9.17) is 4.74 Å². The Balaban J connectivity index is 2.38. The van der Waals surface area contributed by atoms with Crippen LogP contribution in [0.4, 0.5) is 4.39 Å². The molecule has 2 rings (SSSR count). The third kappa shape index (κ3) is 3.41. The van der Waals surface area contributed by atoms with Gasteiger partial charge in [-0.3, -0.25) is 0 Å². The average Bonchev–Trinajstić information content (AvgIpc) is 2.53. The summed E-state index contributed by atoms with van der Waals surface area (Å²) in [5, 5.41) is 9.49. The number of nitrogens with zero attached hydrogens (tertiary/aromatic N) is 1. The highest BCUT2D eigenvalue weighted by Crippen LogP contribution is 2.30. The molecule has 0 heterocycles. The first-order valence-corrected chi connectivity index (χ1v) is 6.99. The Bertz CT molecular complexity index is 661. The van der Waals surface area contributed by atoms with Crippen LogP contribution < -0.4 is 4.74 Å². The number of hydrogen-bond donors (Lipinski definition) is 0. The molecule has 21 heavy (non-hydrogen) atoms. The summed E-state index contributed by atoms with van der Waals surface area (Å²) < 4.78 is 19.1. The van der Waals surface area contributed by atoms with E-state index < -0.39 is 5.92 Å². The summed E-state index contributed by atoms with van der Waals surface area (Å²) in [7, 11) is 1.59. The van der Waals surface area contributed by atoms with Crippen molar-refractivity contribution in [2.24, 2.45) is 0 Å². The molecule has 0 bridgehead atoms. The van der Waals surface area contributed by atoms with Crippen LogP contribution in [-0.2, 0) is 12.8 Å². The molecule has 1 atom stereocenters. The topological polar surface area (TPSA) is 33.0 Å². The molecule has 0 aromatic heterocycles. The molecule has 0 spiro atoms. The minimum atomic E-state index is -0.427. The van der Waals surface area contributed by atoms with Crippen LogP contribution in [0, 0.1) is 17.1 Å². The second-order valence-electron chi connectivity index (χ2n) is 4.91. The Morgan fingerprint density at radius 3 is 2.62 bits per heavy atom. The maximum absolute atomic E-state index is 13.8. The third-order valence-corrected chi connectivity index (χ3v) is 3.62. The van der Waals surface area contributed by atoms with Crippen LogP contribution in [0.3, 0.4) is 0 Å². The summed E-state index contributed by atoms with van der Waals surface area (Å²) in [6.07, 6.45) is 1.22. The van der Waals surface area contributed by atoms with Crippen LogP contribution in [0.15, 0.2) is 42.5 Å². The summed E-state index contributed by atoms with van der Waals surface area (Å²) >= 11 is 0. The summed E-state index contributed by atoms with van der Waals surface area (Å²) in [5.74, 6) is -0.0261. The molecule has 3 heteroatoms. The number of ether oxygens (including phenoxy) is 1. The zero-order chi connectivity index (χ0) is 15.2. The van der Waals surface area contributed by atoms with Crippen molar-refractivity contribution in [3.8, 4) is 11.8 Å². The molecule has 0 aliphatic carbocycles. The Labute approximate surface area is 124 Å². The first kappa shape index (κ1) is 15.1.